The molecule has 17 heavy (non-hydrogen) atoms. The van der Waals surface area contributed by atoms with Crippen LogP contribution in [0.1, 0.15) is 30.8 Å². The van der Waals surface area contributed by atoms with Crippen molar-refractivity contribution in [2.45, 2.75) is 38.6 Å². The molecule has 0 saturated heterocycles. The highest BCUT2D eigenvalue weighted by atomic mass is 16.5. The number of hydrogen-bond acceptors (Lipinski definition) is 5. The molecule has 2 aromatic heterocycles. The first-order valence-electron chi connectivity index (χ1n) is 5.87. The van der Waals surface area contributed by atoms with Crippen molar-refractivity contribution in [1.29, 1.82) is 0 Å². The Morgan fingerprint density at radius 2 is 2.29 bits per heavy atom. The molecule has 0 aliphatic carbocycles. The van der Waals surface area contributed by atoms with Crippen molar-refractivity contribution in [3.8, 4) is 0 Å². The Morgan fingerprint density at radius 1 is 1.41 bits per heavy atom. The SMILES string of the molecule is CCC(N)Cc1noc(CCc2ccco2)n1. The van der Waals surface area contributed by atoms with E-state index in [4.69, 9.17) is 14.7 Å². The Hall–Kier alpha value is -1.62. The quantitative estimate of drug-likeness (QED) is 0.824. The van der Waals surface area contributed by atoms with Gasteiger partial charge in [0, 0.05) is 25.3 Å². The summed E-state index contributed by atoms with van der Waals surface area (Å²) in [4.78, 5) is 4.30. The lowest BCUT2D eigenvalue weighted by Gasteiger charge is -2.02. The number of aryl methyl sites for hydroxylation is 2. The Kier molecular flexibility index (Phi) is 3.93. The van der Waals surface area contributed by atoms with Crippen molar-refractivity contribution in [2.75, 3.05) is 0 Å². The Labute approximate surface area is 100.0 Å². The summed E-state index contributed by atoms with van der Waals surface area (Å²) in [6, 6.07) is 3.91. The number of rotatable bonds is 6. The van der Waals surface area contributed by atoms with Gasteiger partial charge in [0.1, 0.15) is 5.76 Å². The van der Waals surface area contributed by atoms with Crippen LogP contribution in [0.5, 0.6) is 0 Å². The molecule has 0 spiro atoms. The zero-order valence-corrected chi connectivity index (χ0v) is 9.93. The minimum absolute atomic E-state index is 0.102. The van der Waals surface area contributed by atoms with Gasteiger partial charge in [-0.15, -0.1) is 0 Å². The van der Waals surface area contributed by atoms with Gasteiger partial charge in [0.15, 0.2) is 5.82 Å². The second kappa shape index (κ2) is 5.63. The highest BCUT2D eigenvalue weighted by Crippen LogP contribution is 2.07. The summed E-state index contributed by atoms with van der Waals surface area (Å²) < 4.78 is 10.4. The van der Waals surface area contributed by atoms with Gasteiger partial charge in [0.2, 0.25) is 5.89 Å². The summed E-state index contributed by atoms with van der Waals surface area (Å²) in [7, 11) is 0. The topological polar surface area (TPSA) is 78.1 Å². The average molecular weight is 235 g/mol. The van der Waals surface area contributed by atoms with Crippen molar-refractivity contribution in [2.24, 2.45) is 5.73 Å². The van der Waals surface area contributed by atoms with Crippen molar-refractivity contribution >= 4 is 0 Å². The molecule has 0 radical (unpaired) electrons. The third kappa shape index (κ3) is 3.42. The smallest absolute Gasteiger partial charge is 0.227 e. The van der Waals surface area contributed by atoms with E-state index >= 15 is 0 Å². The highest BCUT2D eigenvalue weighted by Gasteiger charge is 2.10. The molecule has 1 atom stereocenters. The molecule has 0 aromatic carbocycles. The number of furan rings is 1. The van der Waals surface area contributed by atoms with Crippen LogP contribution in [0, 0.1) is 0 Å². The lowest BCUT2D eigenvalue weighted by atomic mass is 10.2. The number of nitrogens with two attached hydrogens (primary N) is 1. The molecule has 1 unspecified atom stereocenters. The van der Waals surface area contributed by atoms with E-state index in [1.54, 1.807) is 6.26 Å². The highest BCUT2D eigenvalue weighted by molar-refractivity contribution is 5.00. The summed E-state index contributed by atoms with van der Waals surface area (Å²) >= 11 is 0. The van der Waals surface area contributed by atoms with E-state index in [1.165, 1.54) is 0 Å². The first kappa shape index (κ1) is 11.9. The summed E-state index contributed by atoms with van der Waals surface area (Å²) in [5.74, 6) is 2.25. The summed E-state index contributed by atoms with van der Waals surface area (Å²) in [6.45, 7) is 2.04. The lowest BCUT2D eigenvalue weighted by molar-refractivity contribution is 0.367. The molecule has 2 N–H and O–H groups in total. The van der Waals surface area contributed by atoms with Crippen LogP contribution in [-0.4, -0.2) is 16.2 Å². The standard InChI is InChI=1S/C12H17N3O2/c1-2-9(13)8-11-14-12(17-15-11)6-5-10-4-3-7-16-10/h3-4,7,9H,2,5-6,8,13H2,1H3. The van der Waals surface area contributed by atoms with E-state index in [1.807, 2.05) is 19.1 Å². The van der Waals surface area contributed by atoms with Gasteiger partial charge >= 0.3 is 0 Å². The van der Waals surface area contributed by atoms with E-state index < -0.39 is 0 Å². The summed E-state index contributed by atoms with van der Waals surface area (Å²) in [6.07, 6.45) is 4.71. The van der Waals surface area contributed by atoms with Gasteiger partial charge < -0.3 is 14.7 Å². The van der Waals surface area contributed by atoms with Crippen molar-refractivity contribution in [3.05, 3.63) is 35.9 Å². The fourth-order valence-corrected chi connectivity index (χ4v) is 1.54. The Morgan fingerprint density at radius 3 is 3.00 bits per heavy atom. The lowest BCUT2D eigenvalue weighted by Crippen LogP contribution is -2.22. The third-order valence-electron chi connectivity index (χ3n) is 2.64. The Balaban J connectivity index is 1.85. The van der Waals surface area contributed by atoms with Gasteiger partial charge in [-0.05, 0) is 18.6 Å². The predicted molar refractivity (Wildman–Crippen MR) is 62.4 cm³/mol. The monoisotopic (exact) mass is 235 g/mol. The molecule has 2 aromatic rings. The molecule has 0 amide bonds. The number of hydrogen-bond donors (Lipinski definition) is 1. The van der Waals surface area contributed by atoms with Crippen molar-refractivity contribution in [1.82, 2.24) is 10.1 Å². The van der Waals surface area contributed by atoms with Gasteiger partial charge in [0.25, 0.3) is 0 Å². The molecule has 0 aliphatic heterocycles. The molecule has 5 nitrogen and oxygen atoms in total. The minimum atomic E-state index is 0.102. The molecule has 0 bridgehead atoms. The van der Waals surface area contributed by atoms with Crippen LogP contribution in [0.25, 0.3) is 0 Å². The van der Waals surface area contributed by atoms with Crippen LogP contribution in [-0.2, 0) is 19.3 Å². The van der Waals surface area contributed by atoms with Gasteiger partial charge in [-0.1, -0.05) is 12.1 Å². The van der Waals surface area contributed by atoms with Gasteiger partial charge in [-0.2, -0.15) is 4.98 Å². The van der Waals surface area contributed by atoms with E-state index in [0.717, 1.165) is 18.6 Å². The molecular weight excluding hydrogens is 218 g/mol. The molecular formula is C12H17N3O2. The summed E-state index contributed by atoms with van der Waals surface area (Å²) in [5, 5.41) is 3.91. The first-order valence-corrected chi connectivity index (χ1v) is 5.87. The average Bonchev–Trinajstić information content (AvgIpc) is 2.97. The second-order valence-corrected chi connectivity index (χ2v) is 4.06. The van der Waals surface area contributed by atoms with Crippen LogP contribution in [0.4, 0.5) is 0 Å². The fraction of sp³-hybridized carbons (Fsp3) is 0.500. The minimum Gasteiger partial charge on any atom is -0.469 e. The van der Waals surface area contributed by atoms with Gasteiger partial charge in [-0.25, -0.2) is 0 Å². The largest absolute Gasteiger partial charge is 0.469 e. The van der Waals surface area contributed by atoms with Crippen molar-refractivity contribution < 1.29 is 8.94 Å². The maximum atomic E-state index is 5.83. The molecule has 2 rings (SSSR count). The first-order chi connectivity index (χ1) is 8.28. The molecule has 2 heterocycles. The fourth-order valence-electron chi connectivity index (χ4n) is 1.54. The maximum absolute atomic E-state index is 5.83. The van der Waals surface area contributed by atoms with E-state index in [-0.39, 0.29) is 6.04 Å². The molecule has 0 saturated carbocycles. The molecule has 0 aliphatic rings. The van der Waals surface area contributed by atoms with E-state index in [9.17, 15) is 0 Å². The number of aromatic nitrogens is 2. The molecule has 0 fully saturated rings. The normalized spacial score (nSPS) is 12.8. The van der Waals surface area contributed by atoms with Crippen LogP contribution in [0.2, 0.25) is 0 Å². The van der Waals surface area contributed by atoms with Crippen molar-refractivity contribution in [3.63, 3.8) is 0 Å². The maximum Gasteiger partial charge on any atom is 0.227 e. The zero-order valence-electron chi connectivity index (χ0n) is 9.93. The summed E-state index contributed by atoms with van der Waals surface area (Å²) in [5.41, 5.74) is 5.83. The van der Waals surface area contributed by atoms with E-state index in [2.05, 4.69) is 10.1 Å². The number of nitrogens with zero attached hydrogens (tertiary/aromatic N) is 2. The second-order valence-electron chi connectivity index (χ2n) is 4.06. The van der Waals surface area contributed by atoms with Crippen LogP contribution >= 0.6 is 0 Å². The Bertz CT molecular complexity index is 436. The van der Waals surface area contributed by atoms with Crippen LogP contribution in [0.15, 0.2) is 27.3 Å². The van der Waals surface area contributed by atoms with Crippen LogP contribution in [0.3, 0.4) is 0 Å². The van der Waals surface area contributed by atoms with E-state index in [0.29, 0.717) is 24.6 Å². The molecule has 92 valence electrons. The van der Waals surface area contributed by atoms with Gasteiger partial charge in [-0.3, -0.25) is 0 Å². The van der Waals surface area contributed by atoms with Gasteiger partial charge in [0.05, 0.1) is 6.26 Å². The predicted octanol–water partition coefficient (Wildman–Crippen LogP) is 1.73. The van der Waals surface area contributed by atoms with Crippen LogP contribution < -0.4 is 5.73 Å². The zero-order chi connectivity index (χ0) is 12.1. The third-order valence-corrected chi connectivity index (χ3v) is 2.64. The molecule has 5 heteroatoms.